The van der Waals surface area contributed by atoms with Crippen molar-refractivity contribution in [2.24, 2.45) is 0 Å². The number of carbonyl (C=O) groups excluding carboxylic acids is 2. The van der Waals surface area contributed by atoms with Crippen LogP contribution in [0, 0.1) is 0 Å². The lowest BCUT2D eigenvalue weighted by Crippen LogP contribution is -2.62. The molecule has 10 nitrogen and oxygen atoms in total. The highest BCUT2D eigenvalue weighted by Crippen LogP contribution is 2.27. The first-order valence-electron chi connectivity index (χ1n) is 9.54. The van der Waals surface area contributed by atoms with Gasteiger partial charge in [-0.25, -0.2) is 9.59 Å². The van der Waals surface area contributed by atoms with E-state index in [0.29, 0.717) is 11.4 Å². The molecule has 2 amide bonds. The molecule has 3 rings (SSSR count). The zero-order valence-corrected chi connectivity index (χ0v) is 16.7. The van der Waals surface area contributed by atoms with Crippen molar-refractivity contribution in [1.82, 2.24) is 0 Å². The second-order valence-electron chi connectivity index (χ2n) is 6.67. The lowest BCUT2D eigenvalue weighted by atomic mass is 9.98. The molecule has 1 heterocycles. The van der Waals surface area contributed by atoms with Gasteiger partial charge < -0.3 is 29.2 Å². The Bertz CT molecular complexity index is 851. The maximum Gasteiger partial charge on any atom is 0.412 e. The molecule has 2 aromatic rings. The first-order valence-corrected chi connectivity index (χ1v) is 9.54. The van der Waals surface area contributed by atoms with Crippen LogP contribution in [-0.4, -0.2) is 66.8 Å². The molecule has 1 aliphatic heterocycles. The largest absolute Gasteiger partial charge is 0.439 e. The fraction of sp³-hybridized carbons (Fsp3) is 0.333. The van der Waals surface area contributed by atoms with E-state index in [0.717, 1.165) is 0 Å². The predicted octanol–water partition coefficient (Wildman–Crippen LogP) is 1.95. The molecule has 10 heteroatoms. The van der Waals surface area contributed by atoms with Crippen molar-refractivity contribution in [3.8, 4) is 0 Å². The number of hydrogen-bond donors (Lipinski definition) is 4. The fourth-order valence-corrected chi connectivity index (χ4v) is 3.10. The van der Waals surface area contributed by atoms with Gasteiger partial charge >= 0.3 is 12.2 Å². The van der Waals surface area contributed by atoms with Gasteiger partial charge in [0.1, 0.15) is 12.2 Å². The minimum Gasteiger partial charge on any atom is -0.439 e. The Labute approximate surface area is 178 Å². The summed E-state index contributed by atoms with van der Waals surface area (Å²) in [5, 5.41) is 25.3. The number of amides is 2. The lowest BCUT2D eigenvalue weighted by molar-refractivity contribution is -0.291. The van der Waals surface area contributed by atoms with Gasteiger partial charge in [-0.05, 0) is 24.3 Å². The number of hydrogen-bond acceptors (Lipinski definition) is 8. The lowest BCUT2D eigenvalue weighted by Gasteiger charge is -2.42. The number of aliphatic hydroxyl groups is 2. The summed E-state index contributed by atoms with van der Waals surface area (Å²) in [7, 11) is 1.28. The number of methoxy groups -OCH3 is 1. The van der Waals surface area contributed by atoms with E-state index >= 15 is 0 Å². The summed E-state index contributed by atoms with van der Waals surface area (Å²) in [6.45, 7) is -0.573. The third-order valence-corrected chi connectivity index (χ3v) is 4.55. The van der Waals surface area contributed by atoms with Crippen LogP contribution in [0.25, 0.3) is 0 Å². The number of rotatable bonds is 6. The second kappa shape index (κ2) is 10.7. The maximum atomic E-state index is 12.4. The molecule has 0 spiro atoms. The summed E-state index contributed by atoms with van der Waals surface area (Å²) in [6.07, 6.45) is -8.24. The molecule has 1 fully saturated rings. The molecule has 1 aliphatic rings. The molecular formula is C21H24N2O8. The van der Waals surface area contributed by atoms with E-state index in [4.69, 9.17) is 18.9 Å². The molecule has 166 valence electrons. The van der Waals surface area contributed by atoms with Crippen LogP contribution >= 0.6 is 0 Å². The Morgan fingerprint density at radius 1 is 0.903 bits per heavy atom. The number of nitrogens with one attached hydrogen (secondary N) is 2. The average Bonchev–Trinajstić information content (AvgIpc) is 2.77. The van der Waals surface area contributed by atoms with Crippen molar-refractivity contribution >= 4 is 23.6 Å². The van der Waals surface area contributed by atoms with Gasteiger partial charge in [0.15, 0.2) is 18.5 Å². The molecule has 31 heavy (non-hydrogen) atoms. The molecule has 4 N–H and O–H groups in total. The van der Waals surface area contributed by atoms with E-state index < -0.39 is 49.5 Å². The van der Waals surface area contributed by atoms with E-state index in [2.05, 4.69) is 10.6 Å². The van der Waals surface area contributed by atoms with E-state index in [1.165, 1.54) is 7.11 Å². The van der Waals surface area contributed by atoms with Crippen molar-refractivity contribution in [1.29, 1.82) is 0 Å². The topological polar surface area (TPSA) is 136 Å². The minimum absolute atomic E-state index is 0.468. The van der Waals surface area contributed by atoms with Crippen LogP contribution in [0.15, 0.2) is 60.7 Å². The Kier molecular flexibility index (Phi) is 7.79. The molecule has 0 bridgehead atoms. The van der Waals surface area contributed by atoms with Crippen molar-refractivity contribution in [2.75, 3.05) is 24.4 Å². The monoisotopic (exact) mass is 432 g/mol. The number of carbonyl (C=O) groups is 2. The molecule has 0 saturated carbocycles. The van der Waals surface area contributed by atoms with Crippen LogP contribution < -0.4 is 10.6 Å². The Balaban J connectivity index is 1.74. The smallest absolute Gasteiger partial charge is 0.412 e. The van der Waals surface area contributed by atoms with Gasteiger partial charge in [0.2, 0.25) is 0 Å². The van der Waals surface area contributed by atoms with E-state index in [1.807, 2.05) is 0 Å². The molecule has 2 aromatic carbocycles. The third-order valence-electron chi connectivity index (χ3n) is 4.55. The number of para-hydroxylation sites is 2. The summed E-state index contributed by atoms with van der Waals surface area (Å²) < 4.78 is 21.2. The van der Waals surface area contributed by atoms with Crippen molar-refractivity contribution in [2.45, 2.75) is 30.7 Å². The van der Waals surface area contributed by atoms with Crippen molar-refractivity contribution < 1.29 is 38.7 Å². The van der Waals surface area contributed by atoms with Crippen LogP contribution in [0.2, 0.25) is 0 Å². The van der Waals surface area contributed by atoms with Crippen LogP contribution in [0.4, 0.5) is 21.0 Å². The SMILES string of the molecule is CO[C@@H]1O[C@@H](CO)[C@@H](OC(=O)Nc2ccccc2)[C@@H](OC(=O)Nc2ccccc2)[C@H]1O. The zero-order chi connectivity index (χ0) is 22.2. The minimum atomic E-state index is -1.48. The summed E-state index contributed by atoms with van der Waals surface area (Å²) >= 11 is 0. The summed E-state index contributed by atoms with van der Waals surface area (Å²) in [4.78, 5) is 24.8. The summed E-state index contributed by atoms with van der Waals surface area (Å²) in [5.74, 6) is 0. The number of ether oxygens (including phenoxy) is 4. The molecule has 0 aliphatic carbocycles. The quantitative estimate of drug-likeness (QED) is 0.544. The van der Waals surface area contributed by atoms with Gasteiger partial charge in [0.05, 0.1) is 6.61 Å². The van der Waals surface area contributed by atoms with Gasteiger partial charge in [0, 0.05) is 18.5 Å². The Morgan fingerprint density at radius 3 is 1.84 bits per heavy atom. The highest BCUT2D eigenvalue weighted by molar-refractivity contribution is 5.85. The van der Waals surface area contributed by atoms with Crippen LogP contribution in [0.3, 0.4) is 0 Å². The molecule has 0 aromatic heterocycles. The summed E-state index contributed by atoms with van der Waals surface area (Å²) in [5.41, 5.74) is 0.940. The maximum absolute atomic E-state index is 12.4. The first-order chi connectivity index (χ1) is 15.0. The number of anilines is 2. The highest BCUT2D eigenvalue weighted by atomic mass is 16.7. The summed E-state index contributed by atoms with van der Waals surface area (Å²) in [6, 6.07) is 17.1. The second-order valence-corrected chi connectivity index (χ2v) is 6.67. The molecule has 0 unspecified atom stereocenters. The van der Waals surface area contributed by atoms with Crippen molar-refractivity contribution in [3.05, 3.63) is 60.7 Å². The zero-order valence-electron chi connectivity index (χ0n) is 16.7. The molecule has 0 radical (unpaired) electrons. The van der Waals surface area contributed by atoms with E-state index in [-0.39, 0.29) is 0 Å². The fourth-order valence-electron chi connectivity index (χ4n) is 3.10. The Morgan fingerprint density at radius 2 is 1.39 bits per heavy atom. The van der Waals surface area contributed by atoms with Gasteiger partial charge in [-0.2, -0.15) is 0 Å². The standard InChI is InChI=1S/C21H24N2O8/c1-28-19-16(25)18(31-21(27)23-14-10-6-3-7-11-14)17(15(12-24)29-19)30-20(26)22-13-8-4-2-5-9-13/h2-11,15-19,24-25H,12H2,1H3,(H,22,26)(H,23,27)/t15-,16+,17+,18-,19+/m0/s1. The van der Waals surface area contributed by atoms with E-state index in [1.54, 1.807) is 60.7 Å². The Hall–Kier alpha value is -3.18. The normalized spacial score (nSPS) is 25.3. The predicted molar refractivity (Wildman–Crippen MR) is 109 cm³/mol. The van der Waals surface area contributed by atoms with Gasteiger partial charge in [0.25, 0.3) is 0 Å². The van der Waals surface area contributed by atoms with E-state index in [9.17, 15) is 19.8 Å². The number of aliphatic hydroxyl groups excluding tert-OH is 2. The van der Waals surface area contributed by atoms with Gasteiger partial charge in [-0.15, -0.1) is 0 Å². The number of benzene rings is 2. The molecular weight excluding hydrogens is 408 g/mol. The van der Waals surface area contributed by atoms with Crippen molar-refractivity contribution in [3.63, 3.8) is 0 Å². The highest BCUT2D eigenvalue weighted by Gasteiger charge is 2.50. The first kappa shape index (κ1) is 22.5. The van der Waals surface area contributed by atoms with Gasteiger partial charge in [-0.1, -0.05) is 36.4 Å². The van der Waals surface area contributed by atoms with Crippen LogP contribution in [0.1, 0.15) is 0 Å². The van der Waals surface area contributed by atoms with Crippen LogP contribution in [-0.2, 0) is 18.9 Å². The molecule has 5 atom stereocenters. The van der Waals surface area contributed by atoms with Gasteiger partial charge in [-0.3, -0.25) is 10.6 Å². The third kappa shape index (κ3) is 5.92. The average molecular weight is 432 g/mol. The van der Waals surface area contributed by atoms with Crippen LogP contribution in [0.5, 0.6) is 0 Å². The molecule has 1 saturated heterocycles.